The van der Waals surface area contributed by atoms with Crippen molar-refractivity contribution < 1.29 is 28.5 Å². The fourth-order valence-corrected chi connectivity index (χ4v) is 5.63. The van der Waals surface area contributed by atoms with Crippen LogP contribution in [-0.2, 0) is 4.79 Å². The molecule has 214 valence electrons. The van der Waals surface area contributed by atoms with Gasteiger partial charge in [-0.2, -0.15) is 5.26 Å². The third kappa shape index (κ3) is 6.83. The van der Waals surface area contributed by atoms with E-state index in [-0.39, 0.29) is 30.5 Å². The Morgan fingerprint density at radius 1 is 1.02 bits per heavy atom. The van der Waals surface area contributed by atoms with Crippen LogP contribution < -0.4 is 24.0 Å². The van der Waals surface area contributed by atoms with Gasteiger partial charge < -0.3 is 29.1 Å². The summed E-state index contributed by atoms with van der Waals surface area (Å²) >= 11 is 0. The predicted octanol–water partition coefficient (Wildman–Crippen LogP) is 5.64. The highest BCUT2D eigenvalue weighted by atomic mass is 19.1. The number of carboxylic acids is 1. The quantitative estimate of drug-likeness (QED) is 0.341. The maximum absolute atomic E-state index is 14.5. The van der Waals surface area contributed by atoms with Crippen molar-refractivity contribution in [3.05, 3.63) is 78.1 Å². The fraction of sp³-hybridized carbons (Fsp3) is 0.375. The molecule has 2 aliphatic rings. The van der Waals surface area contributed by atoms with Gasteiger partial charge in [0, 0.05) is 50.1 Å². The van der Waals surface area contributed by atoms with E-state index >= 15 is 0 Å². The minimum Gasteiger partial charge on any atom is -0.494 e. The van der Waals surface area contributed by atoms with Crippen molar-refractivity contribution in [3.8, 4) is 23.3 Å². The highest BCUT2D eigenvalue weighted by molar-refractivity contribution is 5.69. The molecule has 8 nitrogen and oxygen atoms in total. The van der Waals surface area contributed by atoms with Gasteiger partial charge in [0.05, 0.1) is 30.8 Å². The second-order valence-electron chi connectivity index (χ2n) is 10.3. The van der Waals surface area contributed by atoms with Crippen LogP contribution >= 0.6 is 0 Å². The predicted molar refractivity (Wildman–Crippen MR) is 153 cm³/mol. The van der Waals surface area contributed by atoms with Crippen molar-refractivity contribution in [2.24, 2.45) is 0 Å². The first-order chi connectivity index (χ1) is 19.9. The Morgan fingerprint density at radius 3 is 2.46 bits per heavy atom. The van der Waals surface area contributed by atoms with Crippen molar-refractivity contribution in [2.45, 2.75) is 50.9 Å². The molecule has 9 heteroatoms. The molecule has 0 aromatic heterocycles. The number of nitrogens with zero attached hydrogens (tertiary/aromatic N) is 3. The van der Waals surface area contributed by atoms with E-state index in [1.165, 1.54) is 6.07 Å². The van der Waals surface area contributed by atoms with E-state index in [4.69, 9.17) is 14.2 Å². The number of aliphatic carboxylic acids is 1. The summed E-state index contributed by atoms with van der Waals surface area (Å²) in [5.74, 6) is 0.787. The number of benzene rings is 3. The number of nitriles is 1. The van der Waals surface area contributed by atoms with Crippen LogP contribution in [0.5, 0.6) is 17.2 Å². The number of halogens is 1. The molecule has 0 bridgehead atoms. The number of carboxylic acid groups (broad SMARTS) is 1. The van der Waals surface area contributed by atoms with Gasteiger partial charge in [0.15, 0.2) is 0 Å². The molecule has 0 amide bonds. The summed E-state index contributed by atoms with van der Waals surface area (Å²) in [6, 6.07) is 21.5. The highest BCUT2D eigenvalue weighted by Gasteiger charge is 2.35. The maximum Gasteiger partial charge on any atom is 0.305 e. The van der Waals surface area contributed by atoms with Gasteiger partial charge in [-0.15, -0.1) is 0 Å². The fourth-order valence-electron chi connectivity index (χ4n) is 5.63. The van der Waals surface area contributed by atoms with Crippen LogP contribution in [0, 0.1) is 17.1 Å². The van der Waals surface area contributed by atoms with Crippen molar-refractivity contribution in [2.75, 3.05) is 36.0 Å². The lowest BCUT2D eigenvalue weighted by Crippen LogP contribution is -2.38. The number of piperidine rings is 1. The maximum atomic E-state index is 14.5. The summed E-state index contributed by atoms with van der Waals surface area (Å²) in [4.78, 5) is 15.7. The molecule has 0 radical (unpaired) electrons. The summed E-state index contributed by atoms with van der Waals surface area (Å²) < 4.78 is 32.4. The average molecular weight is 560 g/mol. The summed E-state index contributed by atoms with van der Waals surface area (Å²) in [7, 11) is 0. The minimum atomic E-state index is -0.867. The van der Waals surface area contributed by atoms with Gasteiger partial charge in [-0.05, 0) is 55.5 Å². The number of hydrogen-bond donors (Lipinski definition) is 1. The van der Waals surface area contributed by atoms with E-state index in [0.29, 0.717) is 55.4 Å². The van der Waals surface area contributed by atoms with E-state index in [1.807, 2.05) is 42.2 Å². The average Bonchev–Trinajstić information content (AvgIpc) is 3.36. The Labute approximate surface area is 239 Å². The first-order valence-electron chi connectivity index (χ1n) is 14.0. The molecule has 2 saturated heterocycles. The lowest BCUT2D eigenvalue weighted by molar-refractivity contribution is -0.137. The zero-order valence-electron chi connectivity index (χ0n) is 23.0. The monoisotopic (exact) mass is 559 g/mol. The molecule has 2 fully saturated rings. The topological polar surface area (TPSA) is 95.3 Å². The van der Waals surface area contributed by atoms with Gasteiger partial charge in [0.25, 0.3) is 0 Å². The van der Waals surface area contributed by atoms with E-state index in [0.717, 1.165) is 24.3 Å². The van der Waals surface area contributed by atoms with Crippen LogP contribution in [0.2, 0.25) is 0 Å². The Bertz CT molecular complexity index is 1380. The largest absolute Gasteiger partial charge is 0.494 e. The second kappa shape index (κ2) is 12.8. The van der Waals surface area contributed by atoms with Crippen LogP contribution in [-0.4, -0.2) is 55.6 Å². The zero-order valence-corrected chi connectivity index (χ0v) is 23.0. The van der Waals surface area contributed by atoms with Crippen LogP contribution in [0.25, 0.3) is 0 Å². The Kier molecular flexibility index (Phi) is 8.78. The summed E-state index contributed by atoms with van der Waals surface area (Å²) in [6.07, 6.45) is 1.82. The van der Waals surface area contributed by atoms with Crippen LogP contribution in [0.3, 0.4) is 0 Å². The van der Waals surface area contributed by atoms with Crippen LogP contribution in [0.4, 0.5) is 15.8 Å². The third-order valence-electron chi connectivity index (χ3n) is 7.57. The van der Waals surface area contributed by atoms with E-state index in [9.17, 15) is 19.6 Å². The SMILES string of the molecule is CCOc1ccc(F)c(N2CCC(Oc3ccc(N4C[C@H](Oc5ccccc5C#N)C[C@@H]4CC(=O)O)cc3)CC2)c1. The first kappa shape index (κ1) is 28.1. The van der Waals surface area contributed by atoms with Gasteiger partial charge in [-0.3, -0.25) is 4.79 Å². The van der Waals surface area contributed by atoms with Crippen molar-refractivity contribution in [1.82, 2.24) is 0 Å². The van der Waals surface area contributed by atoms with Crippen LogP contribution in [0.15, 0.2) is 66.7 Å². The summed E-state index contributed by atoms with van der Waals surface area (Å²) in [5, 5.41) is 18.9. The summed E-state index contributed by atoms with van der Waals surface area (Å²) in [5.41, 5.74) is 1.90. The van der Waals surface area contributed by atoms with E-state index < -0.39 is 5.97 Å². The van der Waals surface area contributed by atoms with Crippen molar-refractivity contribution >= 4 is 17.3 Å². The molecule has 2 aliphatic heterocycles. The number of carbonyl (C=O) groups is 1. The van der Waals surface area contributed by atoms with Gasteiger partial charge in [0.1, 0.15) is 41.3 Å². The molecule has 3 aromatic rings. The Hall–Kier alpha value is -4.45. The van der Waals surface area contributed by atoms with E-state index in [2.05, 4.69) is 11.0 Å². The van der Waals surface area contributed by atoms with Crippen molar-refractivity contribution in [1.29, 1.82) is 5.26 Å². The molecule has 2 heterocycles. The van der Waals surface area contributed by atoms with Gasteiger partial charge in [-0.25, -0.2) is 4.39 Å². The number of ether oxygens (including phenoxy) is 3. The molecule has 2 atom stereocenters. The number of anilines is 2. The lowest BCUT2D eigenvalue weighted by atomic mass is 10.1. The molecule has 0 aliphatic carbocycles. The standard InChI is InChI=1S/C32H34FN3O5/c1-2-39-27-11-12-29(33)30(19-27)35-15-13-26(14-16-35)40-25-9-7-23(8-10-25)36-21-28(17-24(36)18-32(37)38)41-31-6-4-3-5-22(31)20-34/h3-12,19,24,26,28H,2,13-18,21H2,1H3,(H,37,38)/t24-,28-/m1/s1. The molecule has 0 spiro atoms. The number of rotatable bonds is 10. The Morgan fingerprint density at radius 2 is 1.76 bits per heavy atom. The number of para-hydroxylation sites is 1. The summed E-state index contributed by atoms with van der Waals surface area (Å²) in [6.45, 7) is 4.30. The smallest absolute Gasteiger partial charge is 0.305 e. The number of hydrogen-bond acceptors (Lipinski definition) is 7. The van der Waals surface area contributed by atoms with Crippen LogP contribution in [0.1, 0.15) is 38.2 Å². The molecule has 0 saturated carbocycles. The molecule has 1 N–H and O–H groups in total. The molecular formula is C32H34FN3O5. The van der Waals surface area contributed by atoms with E-state index in [1.54, 1.807) is 30.3 Å². The minimum absolute atomic E-state index is 0.00927. The van der Waals surface area contributed by atoms with Crippen molar-refractivity contribution in [3.63, 3.8) is 0 Å². The van der Waals surface area contributed by atoms with Gasteiger partial charge in [-0.1, -0.05) is 12.1 Å². The normalized spacial score (nSPS) is 19.0. The molecule has 5 rings (SSSR count). The van der Waals surface area contributed by atoms with Gasteiger partial charge in [0.2, 0.25) is 0 Å². The molecule has 0 unspecified atom stereocenters. The lowest BCUT2D eigenvalue weighted by Gasteiger charge is -2.34. The second-order valence-corrected chi connectivity index (χ2v) is 10.3. The molecular weight excluding hydrogens is 525 g/mol. The molecule has 41 heavy (non-hydrogen) atoms. The zero-order chi connectivity index (χ0) is 28.8. The van der Waals surface area contributed by atoms with Gasteiger partial charge >= 0.3 is 5.97 Å². The highest BCUT2D eigenvalue weighted by Crippen LogP contribution is 2.33. The molecule has 3 aromatic carbocycles. The first-order valence-corrected chi connectivity index (χ1v) is 14.0. The third-order valence-corrected chi connectivity index (χ3v) is 7.57. The Balaban J connectivity index is 1.19.